The standard InChI is InChI=1S/C17H25N2O8P/c1-4-24-15(21)16(28(23,25-5-2)26-6-3)27-13-8-7-12(11-13)19-10-9-14(20)18-17(19)22/h7-10,12-13,16H,4-6,11H2,1-3H3,(H,18,20,22)/t12-,13+,16?/m0/s1. The van der Waals surface area contributed by atoms with Crippen LogP contribution in [0.3, 0.4) is 0 Å². The Kier molecular flexibility index (Phi) is 7.94. The summed E-state index contributed by atoms with van der Waals surface area (Å²) in [5.74, 6) is -2.39. The number of ether oxygens (including phenoxy) is 2. The van der Waals surface area contributed by atoms with E-state index < -0.39 is 42.8 Å². The van der Waals surface area contributed by atoms with E-state index in [1.54, 1.807) is 32.9 Å². The molecule has 11 heteroatoms. The van der Waals surface area contributed by atoms with E-state index in [-0.39, 0.29) is 19.8 Å². The van der Waals surface area contributed by atoms with Gasteiger partial charge in [-0.25, -0.2) is 9.59 Å². The third-order valence-electron chi connectivity index (χ3n) is 3.93. The van der Waals surface area contributed by atoms with E-state index in [9.17, 15) is 18.9 Å². The van der Waals surface area contributed by atoms with Crippen molar-refractivity contribution in [3.8, 4) is 0 Å². The average Bonchev–Trinajstić information content (AvgIpc) is 3.08. The van der Waals surface area contributed by atoms with Crippen molar-refractivity contribution in [1.82, 2.24) is 9.55 Å². The summed E-state index contributed by atoms with van der Waals surface area (Å²) in [6.07, 6.45) is 4.40. The third kappa shape index (κ3) is 5.29. The smallest absolute Gasteiger partial charge is 0.370 e. The summed E-state index contributed by atoms with van der Waals surface area (Å²) < 4.78 is 35.6. The predicted octanol–water partition coefficient (Wildman–Crippen LogP) is 1.58. The minimum Gasteiger partial charge on any atom is -0.464 e. The van der Waals surface area contributed by atoms with Crippen LogP contribution in [0.4, 0.5) is 0 Å². The number of nitrogens with one attached hydrogen (secondary N) is 1. The minimum absolute atomic E-state index is 0.0620. The Morgan fingerprint density at radius 3 is 2.46 bits per heavy atom. The van der Waals surface area contributed by atoms with E-state index in [1.165, 1.54) is 16.8 Å². The molecule has 1 aliphatic rings. The second-order valence-corrected chi connectivity index (χ2v) is 7.92. The Hall–Kier alpha value is -2.00. The largest absolute Gasteiger partial charge is 0.464 e. The molecular weight excluding hydrogens is 391 g/mol. The molecule has 0 saturated heterocycles. The summed E-state index contributed by atoms with van der Waals surface area (Å²) in [5, 5.41) is 0. The SMILES string of the molecule is CCOC(=O)C(O[C@@H]1C=C[C@H](n2ccc(=O)[nH]c2=O)C1)P(=O)(OCC)OCC. The minimum atomic E-state index is -3.92. The van der Waals surface area contributed by atoms with Crippen molar-refractivity contribution < 1.29 is 27.9 Å². The van der Waals surface area contributed by atoms with Crippen molar-refractivity contribution in [3.05, 3.63) is 45.3 Å². The highest BCUT2D eigenvalue weighted by Gasteiger charge is 2.45. The molecule has 1 aromatic heterocycles. The summed E-state index contributed by atoms with van der Waals surface area (Å²) in [4.78, 5) is 37.7. The van der Waals surface area contributed by atoms with Crippen LogP contribution in [0.5, 0.6) is 0 Å². The average molecular weight is 416 g/mol. The highest BCUT2D eigenvalue weighted by molar-refractivity contribution is 7.55. The van der Waals surface area contributed by atoms with Gasteiger partial charge in [0.2, 0.25) is 0 Å². The number of allylic oxidation sites excluding steroid dienone is 1. The molecule has 2 rings (SSSR count). The highest BCUT2D eigenvalue weighted by atomic mass is 31.2. The van der Waals surface area contributed by atoms with Gasteiger partial charge in [-0.2, -0.15) is 0 Å². The van der Waals surface area contributed by atoms with Gasteiger partial charge in [-0.05, 0) is 20.8 Å². The van der Waals surface area contributed by atoms with Crippen molar-refractivity contribution in [3.63, 3.8) is 0 Å². The van der Waals surface area contributed by atoms with Crippen molar-refractivity contribution in [2.75, 3.05) is 19.8 Å². The number of hydrogen-bond acceptors (Lipinski definition) is 8. The van der Waals surface area contributed by atoms with Gasteiger partial charge < -0.3 is 18.5 Å². The highest BCUT2D eigenvalue weighted by Crippen LogP contribution is 2.54. The molecule has 1 aliphatic carbocycles. The number of aromatic nitrogens is 2. The van der Waals surface area contributed by atoms with Crippen molar-refractivity contribution in [2.45, 2.75) is 45.2 Å². The van der Waals surface area contributed by atoms with Crippen molar-refractivity contribution in [2.24, 2.45) is 0 Å². The first-order valence-electron chi connectivity index (χ1n) is 9.05. The van der Waals surface area contributed by atoms with Crippen molar-refractivity contribution in [1.29, 1.82) is 0 Å². The number of rotatable bonds is 10. The first-order valence-corrected chi connectivity index (χ1v) is 10.7. The molecule has 0 aliphatic heterocycles. The molecule has 1 aromatic rings. The van der Waals surface area contributed by atoms with Gasteiger partial charge in [-0.3, -0.25) is 18.9 Å². The van der Waals surface area contributed by atoms with Gasteiger partial charge >= 0.3 is 19.3 Å². The molecule has 0 fully saturated rings. The number of hydrogen-bond donors (Lipinski definition) is 1. The Labute approximate surface area is 162 Å². The van der Waals surface area contributed by atoms with E-state index in [0.29, 0.717) is 6.42 Å². The molecule has 0 aromatic carbocycles. The molecule has 3 atom stereocenters. The van der Waals surface area contributed by atoms with Crippen LogP contribution in [0, 0.1) is 0 Å². The number of H-pyrrole nitrogens is 1. The van der Waals surface area contributed by atoms with Crippen LogP contribution in [0.2, 0.25) is 0 Å². The zero-order chi connectivity index (χ0) is 20.7. The van der Waals surface area contributed by atoms with Crippen LogP contribution in [0.15, 0.2) is 34.0 Å². The van der Waals surface area contributed by atoms with Crippen LogP contribution < -0.4 is 11.2 Å². The molecule has 1 unspecified atom stereocenters. The zero-order valence-electron chi connectivity index (χ0n) is 16.0. The quantitative estimate of drug-likeness (QED) is 0.346. The van der Waals surface area contributed by atoms with Crippen LogP contribution in [-0.2, 0) is 27.9 Å². The van der Waals surface area contributed by atoms with Gasteiger partial charge in [0.25, 0.3) is 11.4 Å². The van der Waals surface area contributed by atoms with Crippen LogP contribution in [-0.4, -0.2) is 47.3 Å². The van der Waals surface area contributed by atoms with E-state index in [4.69, 9.17) is 18.5 Å². The van der Waals surface area contributed by atoms with Gasteiger partial charge in [-0.15, -0.1) is 0 Å². The van der Waals surface area contributed by atoms with Gasteiger partial charge in [0.05, 0.1) is 32.0 Å². The molecule has 10 nitrogen and oxygen atoms in total. The topological polar surface area (TPSA) is 126 Å². The van der Waals surface area contributed by atoms with E-state index in [1.807, 2.05) is 0 Å². The molecule has 1 N–H and O–H groups in total. The predicted molar refractivity (Wildman–Crippen MR) is 100 cm³/mol. The lowest BCUT2D eigenvalue weighted by atomic mass is 10.2. The Balaban J connectivity index is 2.19. The molecular formula is C17H25N2O8P. The summed E-state index contributed by atoms with van der Waals surface area (Å²) in [5.41, 5.74) is -1.05. The number of carbonyl (C=O) groups excluding carboxylic acids is 1. The maximum Gasteiger partial charge on any atom is 0.370 e. The molecule has 28 heavy (non-hydrogen) atoms. The first kappa shape index (κ1) is 22.3. The summed E-state index contributed by atoms with van der Waals surface area (Å²) in [6, 6.07) is 0.846. The molecule has 0 radical (unpaired) electrons. The monoisotopic (exact) mass is 416 g/mol. The Morgan fingerprint density at radius 1 is 1.21 bits per heavy atom. The summed E-state index contributed by atoms with van der Waals surface area (Å²) in [6.45, 7) is 5.07. The molecule has 1 heterocycles. The fourth-order valence-corrected chi connectivity index (χ4v) is 4.52. The normalized spacial score (nSPS) is 20.2. The second-order valence-electron chi connectivity index (χ2n) is 5.86. The van der Waals surface area contributed by atoms with Crippen LogP contribution in [0.25, 0.3) is 0 Å². The lowest BCUT2D eigenvalue weighted by Gasteiger charge is -2.27. The van der Waals surface area contributed by atoms with Crippen molar-refractivity contribution >= 4 is 13.6 Å². The number of esters is 1. The van der Waals surface area contributed by atoms with E-state index in [0.717, 1.165) is 0 Å². The molecule has 0 bridgehead atoms. The molecule has 156 valence electrons. The fraction of sp³-hybridized carbons (Fsp3) is 0.588. The van der Waals surface area contributed by atoms with E-state index >= 15 is 0 Å². The van der Waals surface area contributed by atoms with Crippen LogP contribution in [0.1, 0.15) is 33.2 Å². The van der Waals surface area contributed by atoms with Gasteiger partial charge in [0, 0.05) is 18.7 Å². The lowest BCUT2D eigenvalue weighted by molar-refractivity contribution is -0.154. The van der Waals surface area contributed by atoms with E-state index in [2.05, 4.69) is 4.98 Å². The Bertz CT molecular complexity index is 851. The Morgan fingerprint density at radius 2 is 1.89 bits per heavy atom. The van der Waals surface area contributed by atoms with Gasteiger partial charge in [0.1, 0.15) is 0 Å². The molecule has 0 saturated carbocycles. The summed E-state index contributed by atoms with van der Waals surface area (Å²) in [7, 11) is -3.92. The maximum absolute atomic E-state index is 13.1. The van der Waals surface area contributed by atoms with Gasteiger partial charge in [0.15, 0.2) is 0 Å². The summed E-state index contributed by atoms with van der Waals surface area (Å²) >= 11 is 0. The number of nitrogens with zero attached hydrogens (tertiary/aromatic N) is 1. The maximum atomic E-state index is 13.1. The zero-order valence-corrected chi connectivity index (χ0v) is 16.9. The van der Waals surface area contributed by atoms with Gasteiger partial charge in [-0.1, -0.05) is 12.2 Å². The fourth-order valence-electron chi connectivity index (χ4n) is 2.81. The number of carbonyl (C=O) groups is 1. The molecule has 0 spiro atoms. The lowest BCUT2D eigenvalue weighted by Crippen LogP contribution is -2.33. The second kappa shape index (κ2) is 9.97. The van der Waals surface area contributed by atoms with Crippen LogP contribution >= 0.6 is 7.60 Å². The number of aromatic amines is 1. The third-order valence-corrected chi connectivity index (χ3v) is 6.07. The molecule has 0 amide bonds. The first-order chi connectivity index (χ1) is 13.3.